The molecule has 0 spiro atoms. The van der Waals surface area contributed by atoms with E-state index in [0.717, 1.165) is 25.4 Å². The molecule has 2 rings (SSSR count). The highest BCUT2D eigenvalue weighted by molar-refractivity contribution is 5.84. The number of carbonyl (C=O) groups excluding carboxylic acids is 1. The van der Waals surface area contributed by atoms with Crippen LogP contribution < -0.4 is 0 Å². The van der Waals surface area contributed by atoms with Crippen molar-refractivity contribution in [2.75, 3.05) is 26.3 Å². The average Bonchev–Trinajstić information content (AvgIpc) is 2.41. The van der Waals surface area contributed by atoms with Gasteiger partial charge in [-0.15, -0.1) is 0 Å². The molecular weight excluding hydrogens is 214 g/mol. The summed E-state index contributed by atoms with van der Waals surface area (Å²) in [6.07, 6.45) is 11.0. The van der Waals surface area contributed by atoms with Crippen molar-refractivity contribution in [1.29, 1.82) is 0 Å². The molecule has 1 radical (unpaired) electrons. The molecule has 0 bridgehead atoms. The van der Waals surface area contributed by atoms with Gasteiger partial charge >= 0.3 is 0 Å². The van der Waals surface area contributed by atoms with Crippen LogP contribution >= 0.6 is 0 Å². The van der Waals surface area contributed by atoms with Gasteiger partial charge in [-0.2, -0.15) is 0 Å². The van der Waals surface area contributed by atoms with Crippen LogP contribution in [0.25, 0.3) is 0 Å². The van der Waals surface area contributed by atoms with Crippen LogP contribution in [-0.4, -0.2) is 37.1 Å². The third-order valence-electron chi connectivity index (χ3n) is 3.94. The fraction of sp³-hybridized carbons (Fsp3) is 0.857. The summed E-state index contributed by atoms with van der Waals surface area (Å²) in [5.74, 6) is 1.08. The van der Waals surface area contributed by atoms with Gasteiger partial charge in [-0.25, -0.2) is 0 Å². The number of hydrogen-bond acceptors (Lipinski definition) is 2. The quantitative estimate of drug-likeness (QED) is 0.752. The van der Waals surface area contributed by atoms with Crippen molar-refractivity contribution < 1.29 is 9.53 Å². The molecule has 0 atom stereocenters. The van der Waals surface area contributed by atoms with Crippen LogP contribution in [0, 0.1) is 12.3 Å². The van der Waals surface area contributed by atoms with Gasteiger partial charge in [-0.3, -0.25) is 4.79 Å². The topological polar surface area (TPSA) is 29.5 Å². The second-order valence-electron chi connectivity index (χ2n) is 5.22. The summed E-state index contributed by atoms with van der Waals surface area (Å²) >= 11 is 0. The van der Waals surface area contributed by atoms with E-state index in [1.165, 1.54) is 38.5 Å². The van der Waals surface area contributed by atoms with E-state index in [4.69, 9.17) is 4.74 Å². The van der Waals surface area contributed by atoms with Crippen LogP contribution in [0.1, 0.15) is 44.9 Å². The summed E-state index contributed by atoms with van der Waals surface area (Å²) in [5.41, 5.74) is 0. The first-order valence-electron chi connectivity index (χ1n) is 7.06. The van der Waals surface area contributed by atoms with Gasteiger partial charge in [-0.1, -0.05) is 32.1 Å². The number of nitrogens with zero attached hydrogens (tertiary/aromatic N) is 1. The van der Waals surface area contributed by atoms with Gasteiger partial charge in [0, 0.05) is 19.5 Å². The molecule has 0 aromatic carbocycles. The number of hydrogen-bond donors (Lipinski definition) is 0. The summed E-state index contributed by atoms with van der Waals surface area (Å²) in [4.78, 5) is 13.8. The van der Waals surface area contributed by atoms with E-state index in [1.807, 2.05) is 11.3 Å². The monoisotopic (exact) mass is 238 g/mol. The summed E-state index contributed by atoms with van der Waals surface area (Å²) < 4.78 is 5.24. The van der Waals surface area contributed by atoms with E-state index in [-0.39, 0.29) is 5.91 Å². The van der Waals surface area contributed by atoms with Gasteiger partial charge in [0.05, 0.1) is 13.2 Å². The zero-order chi connectivity index (χ0) is 11.9. The number of amides is 1. The molecule has 2 aliphatic rings. The molecule has 17 heavy (non-hydrogen) atoms. The summed E-state index contributed by atoms with van der Waals surface area (Å²) in [7, 11) is 0. The van der Waals surface area contributed by atoms with Gasteiger partial charge in [0.2, 0.25) is 5.91 Å². The lowest BCUT2D eigenvalue weighted by atomic mass is 9.86. The van der Waals surface area contributed by atoms with E-state index >= 15 is 0 Å². The summed E-state index contributed by atoms with van der Waals surface area (Å²) in [6.45, 7) is 2.92. The Morgan fingerprint density at radius 2 is 1.88 bits per heavy atom. The highest BCUT2D eigenvalue weighted by Crippen LogP contribution is 2.27. The SMILES string of the molecule is O=C([CH]CCC1CCCCC1)N1CCOCC1. The van der Waals surface area contributed by atoms with E-state index in [2.05, 4.69) is 0 Å². The van der Waals surface area contributed by atoms with Crippen molar-refractivity contribution in [3.05, 3.63) is 6.42 Å². The molecule has 1 saturated carbocycles. The Balaban J connectivity index is 1.58. The van der Waals surface area contributed by atoms with Gasteiger partial charge in [-0.05, 0) is 18.8 Å². The Morgan fingerprint density at radius 1 is 1.18 bits per heavy atom. The minimum atomic E-state index is 0.212. The minimum absolute atomic E-state index is 0.212. The molecule has 0 unspecified atom stereocenters. The molecule has 1 saturated heterocycles. The highest BCUT2D eigenvalue weighted by Gasteiger charge is 2.18. The summed E-state index contributed by atoms with van der Waals surface area (Å²) in [5, 5.41) is 0. The van der Waals surface area contributed by atoms with Crippen LogP contribution in [-0.2, 0) is 9.53 Å². The van der Waals surface area contributed by atoms with E-state index in [1.54, 1.807) is 0 Å². The molecule has 1 amide bonds. The predicted octanol–water partition coefficient (Wildman–Crippen LogP) is 2.41. The second-order valence-corrected chi connectivity index (χ2v) is 5.22. The predicted molar refractivity (Wildman–Crippen MR) is 67.5 cm³/mol. The smallest absolute Gasteiger partial charge is 0.226 e. The molecule has 0 aromatic rings. The van der Waals surface area contributed by atoms with Gasteiger partial charge in [0.15, 0.2) is 0 Å². The van der Waals surface area contributed by atoms with Crippen molar-refractivity contribution >= 4 is 5.91 Å². The zero-order valence-corrected chi connectivity index (χ0v) is 10.7. The molecule has 3 heteroatoms. The highest BCUT2D eigenvalue weighted by atomic mass is 16.5. The molecule has 0 aromatic heterocycles. The number of carbonyl (C=O) groups is 1. The lowest BCUT2D eigenvalue weighted by molar-refractivity contribution is -0.131. The first kappa shape index (κ1) is 12.9. The van der Waals surface area contributed by atoms with Crippen LogP contribution in [0.2, 0.25) is 0 Å². The molecular formula is C14H24NO2. The number of ether oxygens (including phenoxy) is 1. The molecule has 2 fully saturated rings. The molecule has 3 nitrogen and oxygen atoms in total. The maximum atomic E-state index is 11.9. The fourth-order valence-corrected chi connectivity index (χ4v) is 2.83. The van der Waals surface area contributed by atoms with Crippen molar-refractivity contribution in [2.45, 2.75) is 44.9 Å². The van der Waals surface area contributed by atoms with E-state index in [0.29, 0.717) is 13.2 Å². The Labute approximate surface area is 105 Å². The van der Waals surface area contributed by atoms with Gasteiger partial charge in [0.25, 0.3) is 0 Å². The normalized spacial score (nSPS) is 22.7. The number of rotatable bonds is 4. The Hall–Kier alpha value is -0.570. The maximum absolute atomic E-state index is 11.9. The van der Waals surface area contributed by atoms with Gasteiger partial charge < -0.3 is 9.64 Å². The van der Waals surface area contributed by atoms with Crippen molar-refractivity contribution in [3.8, 4) is 0 Å². The third-order valence-corrected chi connectivity index (χ3v) is 3.94. The lowest BCUT2D eigenvalue weighted by Crippen LogP contribution is -2.40. The Bertz CT molecular complexity index is 230. The molecule has 1 aliphatic carbocycles. The van der Waals surface area contributed by atoms with Gasteiger partial charge in [0.1, 0.15) is 0 Å². The standard InChI is InChI=1S/C14H24NO2/c16-14(15-9-11-17-12-10-15)8-4-7-13-5-2-1-3-6-13/h8,13H,1-7,9-12H2. The minimum Gasteiger partial charge on any atom is -0.378 e. The zero-order valence-electron chi connectivity index (χ0n) is 10.7. The first-order chi connectivity index (χ1) is 8.36. The van der Waals surface area contributed by atoms with Crippen LogP contribution in [0.4, 0.5) is 0 Å². The molecule has 1 heterocycles. The van der Waals surface area contributed by atoms with E-state index < -0.39 is 0 Å². The molecule has 97 valence electrons. The van der Waals surface area contributed by atoms with Crippen molar-refractivity contribution in [1.82, 2.24) is 4.90 Å². The van der Waals surface area contributed by atoms with Crippen molar-refractivity contribution in [2.24, 2.45) is 5.92 Å². The first-order valence-corrected chi connectivity index (χ1v) is 7.06. The molecule has 1 aliphatic heterocycles. The largest absolute Gasteiger partial charge is 0.378 e. The summed E-state index contributed by atoms with van der Waals surface area (Å²) in [6, 6.07) is 0. The molecule has 0 N–H and O–H groups in total. The van der Waals surface area contributed by atoms with E-state index in [9.17, 15) is 4.79 Å². The van der Waals surface area contributed by atoms with Crippen LogP contribution in [0.5, 0.6) is 0 Å². The third kappa shape index (κ3) is 4.30. The fourth-order valence-electron chi connectivity index (χ4n) is 2.83. The average molecular weight is 238 g/mol. The lowest BCUT2D eigenvalue weighted by Gasteiger charge is -2.27. The maximum Gasteiger partial charge on any atom is 0.226 e. The Kier molecular flexibility index (Phi) is 5.30. The van der Waals surface area contributed by atoms with Crippen molar-refractivity contribution in [3.63, 3.8) is 0 Å². The Morgan fingerprint density at radius 3 is 2.59 bits per heavy atom. The van der Waals surface area contributed by atoms with Crippen LogP contribution in [0.3, 0.4) is 0 Å². The second kappa shape index (κ2) is 7.00. The number of morpholine rings is 1. The van der Waals surface area contributed by atoms with Crippen LogP contribution in [0.15, 0.2) is 0 Å².